The van der Waals surface area contributed by atoms with E-state index in [0.717, 1.165) is 11.1 Å². The lowest BCUT2D eigenvalue weighted by Gasteiger charge is -2.06. The summed E-state index contributed by atoms with van der Waals surface area (Å²) in [7, 11) is 0. The normalized spacial score (nSPS) is 11.4. The lowest BCUT2D eigenvalue weighted by atomic mass is 9.99. The molecule has 2 aromatic carbocycles. The van der Waals surface area contributed by atoms with Crippen molar-refractivity contribution in [3.63, 3.8) is 0 Å². The number of nitrogens with two attached hydrogens (primary N) is 1. The Balaban J connectivity index is 2.44. The Morgan fingerprint density at radius 2 is 1.45 bits per heavy atom. The minimum Gasteiger partial charge on any atom is -0.324 e. The molecule has 0 saturated carbocycles. The monoisotopic (exact) mass is 305 g/mol. The zero-order valence-corrected chi connectivity index (χ0v) is 12.2. The van der Waals surface area contributed by atoms with Gasteiger partial charge in [0.15, 0.2) is 5.78 Å². The molecule has 102 valence electrons. The smallest absolute Gasteiger partial charge is 0.176 e. The van der Waals surface area contributed by atoms with Crippen LogP contribution in [-0.4, -0.2) is 12.3 Å². The summed E-state index contributed by atoms with van der Waals surface area (Å²) >= 11 is 11.7. The number of carbonyl (C=O) groups is 1. The SMILES string of the molecule is NCC(=O)/C(=C/c1ccc(Cl)cc1)c1ccc(Cl)cc1. The van der Waals surface area contributed by atoms with Gasteiger partial charge in [-0.2, -0.15) is 0 Å². The third-order valence-corrected chi connectivity index (χ3v) is 3.33. The molecule has 0 aliphatic carbocycles. The highest BCUT2D eigenvalue weighted by Crippen LogP contribution is 2.22. The maximum Gasteiger partial charge on any atom is 0.176 e. The Labute approximate surface area is 127 Å². The minimum absolute atomic E-state index is 0.0396. The molecule has 2 N–H and O–H groups in total. The Kier molecular flexibility index (Phi) is 4.96. The predicted octanol–water partition coefficient (Wildman–Crippen LogP) is 4.06. The van der Waals surface area contributed by atoms with Gasteiger partial charge in [0.2, 0.25) is 0 Å². The van der Waals surface area contributed by atoms with Gasteiger partial charge in [-0.05, 0) is 41.5 Å². The molecule has 0 aromatic heterocycles. The second-order valence-corrected chi connectivity index (χ2v) is 5.12. The number of halogens is 2. The molecular formula is C16H13Cl2NO. The molecule has 2 nitrogen and oxygen atoms in total. The van der Waals surface area contributed by atoms with Crippen molar-refractivity contribution >= 4 is 40.6 Å². The molecule has 20 heavy (non-hydrogen) atoms. The van der Waals surface area contributed by atoms with E-state index in [-0.39, 0.29) is 12.3 Å². The van der Waals surface area contributed by atoms with E-state index >= 15 is 0 Å². The van der Waals surface area contributed by atoms with Crippen LogP contribution in [0.15, 0.2) is 48.5 Å². The van der Waals surface area contributed by atoms with Crippen LogP contribution in [0.3, 0.4) is 0 Å². The largest absolute Gasteiger partial charge is 0.324 e. The van der Waals surface area contributed by atoms with Crippen LogP contribution in [0.25, 0.3) is 11.6 Å². The van der Waals surface area contributed by atoms with E-state index in [2.05, 4.69) is 0 Å². The number of Topliss-reactive ketones (excluding diaryl/α,β-unsaturated/α-hetero) is 1. The highest BCUT2D eigenvalue weighted by molar-refractivity contribution is 6.31. The third-order valence-electron chi connectivity index (χ3n) is 2.82. The van der Waals surface area contributed by atoms with Gasteiger partial charge in [0.1, 0.15) is 0 Å². The fourth-order valence-corrected chi connectivity index (χ4v) is 2.04. The van der Waals surface area contributed by atoms with Gasteiger partial charge in [0.25, 0.3) is 0 Å². The Bertz CT molecular complexity index is 631. The number of benzene rings is 2. The molecule has 0 saturated heterocycles. The summed E-state index contributed by atoms with van der Waals surface area (Å²) in [5.74, 6) is -0.123. The van der Waals surface area contributed by atoms with E-state index in [9.17, 15) is 4.79 Å². The van der Waals surface area contributed by atoms with Crippen molar-refractivity contribution < 1.29 is 4.79 Å². The summed E-state index contributed by atoms with van der Waals surface area (Å²) in [6, 6.07) is 14.4. The maximum atomic E-state index is 12.0. The summed E-state index contributed by atoms with van der Waals surface area (Å²) in [5, 5.41) is 1.28. The molecule has 0 bridgehead atoms. The van der Waals surface area contributed by atoms with Crippen LogP contribution in [0.4, 0.5) is 0 Å². The molecule has 2 aromatic rings. The fraction of sp³-hybridized carbons (Fsp3) is 0.0625. The Hall–Kier alpha value is -1.61. The van der Waals surface area contributed by atoms with Crippen LogP contribution in [0.5, 0.6) is 0 Å². The summed E-state index contributed by atoms with van der Waals surface area (Å²) in [6.45, 7) is -0.0396. The summed E-state index contributed by atoms with van der Waals surface area (Å²) in [6.07, 6.45) is 1.80. The Morgan fingerprint density at radius 1 is 0.950 bits per heavy atom. The van der Waals surface area contributed by atoms with Crippen LogP contribution in [-0.2, 0) is 4.79 Å². The van der Waals surface area contributed by atoms with Crippen LogP contribution >= 0.6 is 23.2 Å². The first-order chi connectivity index (χ1) is 9.60. The van der Waals surface area contributed by atoms with Crippen molar-refractivity contribution in [2.75, 3.05) is 6.54 Å². The molecule has 0 radical (unpaired) electrons. The molecule has 0 fully saturated rings. The van der Waals surface area contributed by atoms with Gasteiger partial charge in [-0.1, -0.05) is 47.5 Å². The van der Waals surface area contributed by atoms with E-state index in [4.69, 9.17) is 28.9 Å². The highest BCUT2D eigenvalue weighted by atomic mass is 35.5. The van der Waals surface area contributed by atoms with Gasteiger partial charge in [0, 0.05) is 15.6 Å². The average molecular weight is 306 g/mol. The maximum absolute atomic E-state index is 12.0. The standard InChI is InChI=1S/C16H13Cl2NO/c17-13-5-1-11(2-6-13)9-15(16(20)10-19)12-3-7-14(18)8-4-12/h1-9H,10,19H2/b15-9+. The number of hydrogen-bond donors (Lipinski definition) is 1. The molecule has 0 atom stereocenters. The minimum atomic E-state index is -0.123. The topological polar surface area (TPSA) is 43.1 Å². The molecule has 0 spiro atoms. The molecule has 0 unspecified atom stereocenters. The second kappa shape index (κ2) is 6.71. The Morgan fingerprint density at radius 3 is 1.95 bits per heavy atom. The van der Waals surface area contributed by atoms with E-state index in [1.807, 2.05) is 12.1 Å². The molecule has 0 aliphatic rings. The number of rotatable bonds is 4. The van der Waals surface area contributed by atoms with Gasteiger partial charge >= 0.3 is 0 Å². The summed E-state index contributed by atoms with van der Waals surface area (Å²) in [4.78, 5) is 12.0. The van der Waals surface area contributed by atoms with E-state index in [1.165, 1.54) is 0 Å². The van der Waals surface area contributed by atoms with E-state index < -0.39 is 0 Å². The summed E-state index contributed by atoms with van der Waals surface area (Å²) < 4.78 is 0. The van der Waals surface area contributed by atoms with Crippen LogP contribution in [0.2, 0.25) is 10.0 Å². The zero-order chi connectivity index (χ0) is 14.5. The fourth-order valence-electron chi connectivity index (χ4n) is 1.79. The lowest BCUT2D eigenvalue weighted by Crippen LogP contribution is -2.14. The summed E-state index contributed by atoms with van der Waals surface area (Å²) in [5.41, 5.74) is 7.72. The van der Waals surface area contributed by atoms with Crippen molar-refractivity contribution in [3.8, 4) is 0 Å². The number of hydrogen-bond acceptors (Lipinski definition) is 2. The lowest BCUT2D eigenvalue weighted by molar-refractivity contribution is -0.112. The quantitative estimate of drug-likeness (QED) is 0.683. The van der Waals surface area contributed by atoms with Gasteiger partial charge in [-0.15, -0.1) is 0 Å². The van der Waals surface area contributed by atoms with Crippen LogP contribution < -0.4 is 5.73 Å². The first-order valence-corrected chi connectivity index (χ1v) is 6.82. The average Bonchev–Trinajstić information content (AvgIpc) is 2.47. The molecule has 0 heterocycles. The van der Waals surface area contributed by atoms with E-state index in [0.29, 0.717) is 15.6 Å². The third kappa shape index (κ3) is 3.70. The van der Waals surface area contributed by atoms with Crippen molar-refractivity contribution in [3.05, 3.63) is 69.7 Å². The van der Waals surface area contributed by atoms with Crippen molar-refractivity contribution in [1.29, 1.82) is 0 Å². The van der Waals surface area contributed by atoms with Crippen molar-refractivity contribution in [2.24, 2.45) is 5.73 Å². The highest BCUT2D eigenvalue weighted by Gasteiger charge is 2.10. The first kappa shape index (κ1) is 14.8. The number of carbonyl (C=O) groups excluding carboxylic acids is 1. The van der Waals surface area contributed by atoms with Gasteiger partial charge in [-0.25, -0.2) is 0 Å². The van der Waals surface area contributed by atoms with Crippen molar-refractivity contribution in [2.45, 2.75) is 0 Å². The molecule has 2 rings (SSSR count). The molecule has 4 heteroatoms. The molecule has 0 aliphatic heterocycles. The van der Waals surface area contributed by atoms with Crippen molar-refractivity contribution in [1.82, 2.24) is 0 Å². The predicted molar refractivity (Wildman–Crippen MR) is 84.8 cm³/mol. The van der Waals surface area contributed by atoms with Gasteiger partial charge < -0.3 is 5.73 Å². The van der Waals surface area contributed by atoms with Gasteiger partial charge in [0.05, 0.1) is 6.54 Å². The number of ketones is 1. The second-order valence-electron chi connectivity index (χ2n) is 4.24. The first-order valence-electron chi connectivity index (χ1n) is 6.06. The van der Waals surface area contributed by atoms with E-state index in [1.54, 1.807) is 42.5 Å². The van der Waals surface area contributed by atoms with Crippen LogP contribution in [0.1, 0.15) is 11.1 Å². The molecule has 0 amide bonds. The van der Waals surface area contributed by atoms with Crippen LogP contribution in [0, 0.1) is 0 Å². The van der Waals surface area contributed by atoms with Gasteiger partial charge in [-0.3, -0.25) is 4.79 Å². The zero-order valence-electron chi connectivity index (χ0n) is 10.6. The molecular weight excluding hydrogens is 293 g/mol.